The Morgan fingerprint density at radius 1 is 1.11 bits per heavy atom. The number of amides is 1. The minimum Gasteiger partial charge on any atom is -0.550 e. The summed E-state index contributed by atoms with van der Waals surface area (Å²) in [6.07, 6.45) is 1.37. The minimum atomic E-state index is -0.585. The van der Waals surface area contributed by atoms with Gasteiger partial charge in [0.1, 0.15) is 12.0 Å². The van der Waals surface area contributed by atoms with Crippen molar-refractivity contribution in [2.24, 2.45) is 0 Å². The molecule has 0 heterocycles. The molecule has 27 heavy (non-hydrogen) atoms. The maximum atomic E-state index is 12.0. The van der Waals surface area contributed by atoms with Crippen LogP contribution in [-0.4, -0.2) is 30.7 Å². The van der Waals surface area contributed by atoms with Crippen molar-refractivity contribution in [3.8, 4) is 11.1 Å². The maximum Gasteiger partial charge on any atom is 0.412 e. The average molecular weight is 363 g/mol. The Balaban J connectivity index is 1.91. The van der Waals surface area contributed by atoms with E-state index in [1.807, 2.05) is 24.3 Å². The number of aliphatic hydroxyl groups excluding tert-OH is 1. The van der Waals surface area contributed by atoms with Crippen LogP contribution in [0.5, 0.6) is 0 Å². The molecular weight excluding hydrogens is 343 g/mol. The third-order valence-corrected chi connectivity index (χ3v) is 3.98. The molecule has 1 radical (unpaired) electrons. The van der Waals surface area contributed by atoms with E-state index in [2.05, 4.69) is 5.32 Å². The van der Waals surface area contributed by atoms with Crippen LogP contribution in [0.1, 0.15) is 31.9 Å². The zero-order chi connectivity index (χ0) is 19.6. The predicted molar refractivity (Wildman–Crippen MR) is 107 cm³/mol. The van der Waals surface area contributed by atoms with Crippen LogP contribution in [0.2, 0.25) is 0 Å². The SMILES string of the molecule is CC(C)(C)OC(=O)Nc1ccc2c(c1)/C(=C/O)c1cc([B]OC=N)ccc1-2. The molecule has 2 aromatic rings. The quantitative estimate of drug-likeness (QED) is 0.284. The van der Waals surface area contributed by atoms with Gasteiger partial charge in [0.15, 0.2) is 0 Å². The zero-order valence-corrected chi connectivity index (χ0v) is 15.4. The van der Waals surface area contributed by atoms with Gasteiger partial charge in [0, 0.05) is 11.3 Å². The fraction of sp³-hybridized carbons (Fsp3) is 0.200. The minimum absolute atomic E-state index is 0.534. The monoisotopic (exact) mass is 363 g/mol. The lowest BCUT2D eigenvalue weighted by molar-refractivity contribution is 0.0636. The second kappa shape index (κ2) is 7.19. The van der Waals surface area contributed by atoms with E-state index in [9.17, 15) is 9.90 Å². The van der Waals surface area contributed by atoms with Crippen molar-refractivity contribution in [2.45, 2.75) is 26.4 Å². The summed E-state index contributed by atoms with van der Waals surface area (Å²) in [4.78, 5) is 12.0. The predicted octanol–water partition coefficient (Wildman–Crippen LogP) is 3.83. The summed E-state index contributed by atoms with van der Waals surface area (Å²) in [6, 6.07) is 11.2. The summed E-state index contributed by atoms with van der Waals surface area (Å²) < 4.78 is 10.2. The third-order valence-electron chi connectivity index (χ3n) is 3.98. The number of anilines is 1. The molecule has 0 aliphatic heterocycles. The number of nitrogens with one attached hydrogen (secondary N) is 2. The van der Waals surface area contributed by atoms with E-state index in [-0.39, 0.29) is 0 Å². The van der Waals surface area contributed by atoms with Crippen LogP contribution in [0, 0.1) is 5.41 Å². The van der Waals surface area contributed by atoms with Crippen LogP contribution < -0.4 is 10.8 Å². The normalized spacial score (nSPS) is 13.5. The Labute approximate surface area is 158 Å². The van der Waals surface area contributed by atoms with E-state index in [1.165, 1.54) is 7.48 Å². The summed E-state index contributed by atoms with van der Waals surface area (Å²) >= 11 is 0. The summed E-state index contributed by atoms with van der Waals surface area (Å²) in [6.45, 7) is 5.40. The van der Waals surface area contributed by atoms with Crippen LogP contribution >= 0.6 is 0 Å². The van der Waals surface area contributed by atoms with Gasteiger partial charge < -0.3 is 14.5 Å². The molecule has 7 heteroatoms. The van der Waals surface area contributed by atoms with Crippen molar-refractivity contribution >= 4 is 36.7 Å². The molecule has 0 unspecified atom stereocenters. The van der Waals surface area contributed by atoms with Gasteiger partial charge in [0.25, 0.3) is 0 Å². The summed E-state index contributed by atoms with van der Waals surface area (Å²) in [5, 5.41) is 19.5. The van der Waals surface area contributed by atoms with Gasteiger partial charge in [-0.1, -0.05) is 24.3 Å². The molecule has 6 nitrogen and oxygen atoms in total. The highest BCUT2D eigenvalue weighted by atomic mass is 16.6. The number of carbonyl (C=O) groups is 1. The molecule has 2 aromatic carbocycles. The highest BCUT2D eigenvalue weighted by Crippen LogP contribution is 2.44. The van der Waals surface area contributed by atoms with E-state index in [0.717, 1.165) is 40.4 Å². The number of hydrogen-bond donors (Lipinski definition) is 3. The van der Waals surface area contributed by atoms with Crippen molar-refractivity contribution in [1.29, 1.82) is 5.41 Å². The molecule has 1 aliphatic carbocycles. The lowest BCUT2D eigenvalue weighted by Gasteiger charge is -2.19. The van der Waals surface area contributed by atoms with Crippen LogP contribution in [-0.2, 0) is 9.39 Å². The molecule has 0 saturated carbocycles. The second-order valence-electron chi connectivity index (χ2n) is 7.11. The molecule has 1 amide bonds. The Morgan fingerprint density at radius 3 is 2.41 bits per heavy atom. The Bertz CT molecular complexity index is 932. The first-order valence-corrected chi connectivity index (χ1v) is 8.43. The summed E-state index contributed by atoms with van der Waals surface area (Å²) in [5.41, 5.74) is 5.01. The van der Waals surface area contributed by atoms with Crippen molar-refractivity contribution in [3.63, 3.8) is 0 Å². The van der Waals surface area contributed by atoms with E-state index in [0.29, 0.717) is 11.3 Å². The number of carbonyl (C=O) groups excluding carboxylic acids is 1. The number of ether oxygens (including phenoxy) is 1. The van der Waals surface area contributed by atoms with Crippen LogP contribution in [0.4, 0.5) is 10.5 Å². The molecular formula is C20H20BN2O4. The molecule has 3 N–H and O–H groups in total. The smallest absolute Gasteiger partial charge is 0.412 e. The van der Waals surface area contributed by atoms with Gasteiger partial charge in [0.2, 0.25) is 0 Å². The molecule has 0 aromatic heterocycles. The van der Waals surface area contributed by atoms with Crippen LogP contribution in [0.15, 0.2) is 42.7 Å². The average Bonchev–Trinajstić information content (AvgIpc) is 2.90. The van der Waals surface area contributed by atoms with Gasteiger partial charge in [-0.3, -0.25) is 10.7 Å². The topological polar surface area (TPSA) is 91.6 Å². The number of hydrogen-bond acceptors (Lipinski definition) is 5. The molecule has 137 valence electrons. The lowest BCUT2D eigenvalue weighted by atomic mass is 9.85. The summed E-state index contributed by atoms with van der Waals surface area (Å²) in [7, 11) is 1.46. The van der Waals surface area contributed by atoms with Crippen molar-refractivity contribution in [2.75, 3.05) is 5.32 Å². The number of aliphatic hydroxyl groups is 1. The third kappa shape index (κ3) is 3.97. The molecule has 0 saturated heterocycles. The van der Waals surface area contributed by atoms with E-state index in [4.69, 9.17) is 14.8 Å². The van der Waals surface area contributed by atoms with E-state index < -0.39 is 11.7 Å². The zero-order valence-electron chi connectivity index (χ0n) is 15.4. The standard InChI is InChI=1S/C20H20BN2O4/c1-20(2,3)27-19(25)23-13-5-7-15-14-6-4-12(21-26-11-22)8-16(14)18(10-24)17(15)9-13/h4-11,22,24H,1-3H3,(H,23,25)/b18-10+,22-11?. The molecule has 1 aliphatic rings. The van der Waals surface area contributed by atoms with Crippen molar-refractivity contribution in [3.05, 3.63) is 53.8 Å². The van der Waals surface area contributed by atoms with Gasteiger partial charge in [-0.05, 0) is 60.6 Å². The van der Waals surface area contributed by atoms with Gasteiger partial charge in [-0.15, -0.1) is 0 Å². The van der Waals surface area contributed by atoms with E-state index >= 15 is 0 Å². The van der Waals surface area contributed by atoms with Crippen LogP contribution in [0.3, 0.4) is 0 Å². The largest absolute Gasteiger partial charge is 0.550 e. The van der Waals surface area contributed by atoms with Gasteiger partial charge >= 0.3 is 13.6 Å². The highest BCUT2D eigenvalue weighted by Gasteiger charge is 2.25. The first-order chi connectivity index (χ1) is 12.8. The van der Waals surface area contributed by atoms with Crippen LogP contribution in [0.25, 0.3) is 16.7 Å². The van der Waals surface area contributed by atoms with Gasteiger partial charge in [-0.2, -0.15) is 0 Å². The Kier molecular flexibility index (Phi) is 4.94. The molecule has 0 spiro atoms. The highest BCUT2D eigenvalue weighted by molar-refractivity contribution is 6.48. The van der Waals surface area contributed by atoms with E-state index in [1.54, 1.807) is 32.9 Å². The fourth-order valence-electron chi connectivity index (χ4n) is 2.99. The van der Waals surface area contributed by atoms with Gasteiger partial charge in [0.05, 0.1) is 6.26 Å². The Morgan fingerprint density at radius 2 is 1.78 bits per heavy atom. The summed E-state index contributed by atoms with van der Waals surface area (Å²) in [5.74, 6) is 0. The molecule has 0 fully saturated rings. The number of rotatable bonds is 4. The molecule has 0 bridgehead atoms. The maximum absolute atomic E-state index is 12.0. The second-order valence-corrected chi connectivity index (χ2v) is 7.11. The Hall–Kier alpha value is -3.22. The molecule has 0 atom stereocenters. The molecule has 3 rings (SSSR count). The number of benzene rings is 2. The first kappa shape index (κ1) is 18.6. The fourth-order valence-corrected chi connectivity index (χ4v) is 2.99. The lowest BCUT2D eigenvalue weighted by Crippen LogP contribution is -2.27. The number of fused-ring (bicyclic) bond motifs is 3. The van der Waals surface area contributed by atoms with Gasteiger partial charge in [-0.25, -0.2) is 4.79 Å². The van der Waals surface area contributed by atoms with Crippen molar-refractivity contribution < 1.29 is 19.3 Å². The van der Waals surface area contributed by atoms with Crippen molar-refractivity contribution in [1.82, 2.24) is 0 Å². The first-order valence-electron chi connectivity index (χ1n) is 8.43.